The fourth-order valence-corrected chi connectivity index (χ4v) is 2.13. The Morgan fingerprint density at radius 2 is 2.15 bits per heavy atom. The minimum atomic E-state index is -0.756. The Hall–Kier alpha value is -2.05. The number of amides is 2. The van der Waals surface area contributed by atoms with Gasteiger partial charge in [-0.15, -0.1) is 0 Å². The van der Waals surface area contributed by atoms with Crippen LogP contribution in [0.5, 0.6) is 0 Å². The molecule has 1 heterocycles. The minimum absolute atomic E-state index is 0.339. The molecule has 0 fully saturated rings. The van der Waals surface area contributed by atoms with Crippen molar-refractivity contribution in [3.8, 4) is 5.69 Å². The Morgan fingerprint density at radius 3 is 2.80 bits per heavy atom. The maximum absolute atomic E-state index is 10.6. The lowest BCUT2D eigenvalue weighted by Crippen LogP contribution is -2.24. The van der Waals surface area contributed by atoms with Crippen LogP contribution < -0.4 is 11.2 Å². The molecule has 0 radical (unpaired) electrons. The van der Waals surface area contributed by atoms with Gasteiger partial charge in [-0.05, 0) is 19.1 Å². The van der Waals surface area contributed by atoms with E-state index in [1.807, 2.05) is 12.1 Å². The van der Waals surface area contributed by atoms with E-state index >= 15 is 0 Å². The summed E-state index contributed by atoms with van der Waals surface area (Å²) >= 11 is 12.4. The first-order valence-corrected chi connectivity index (χ1v) is 6.35. The fraction of sp³-hybridized carbons (Fsp3) is 0.0833. The molecule has 0 saturated carbocycles. The predicted molar refractivity (Wildman–Crippen MR) is 78.6 cm³/mol. The number of hydrogen-bond donors (Lipinski definition) is 2. The van der Waals surface area contributed by atoms with Crippen LogP contribution in [0, 0.1) is 6.92 Å². The number of nitrogens with two attached hydrogens (primary N) is 1. The molecule has 0 spiro atoms. The quantitative estimate of drug-likeness (QED) is 0.674. The molecule has 2 amide bonds. The van der Waals surface area contributed by atoms with E-state index in [0.29, 0.717) is 27.1 Å². The molecule has 20 heavy (non-hydrogen) atoms. The van der Waals surface area contributed by atoms with Crippen LogP contribution in [0.1, 0.15) is 11.3 Å². The number of halogens is 2. The Kier molecular flexibility index (Phi) is 4.26. The van der Waals surface area contributed by atoms with Crippen LogP contribution in [-0.2, 0) is 0 Å². The summed E-state index contributed by atoms with van der Waals surface area (Å²) in [6.45, 7) is 1.77. The number of carbonyl (C=O) groups is 1. The molecule has 1 aromatic heterocycles. The van der Waals surface area contributed by atoms with Crippen LogP contribution in [0.25, 0.3) is 5.69 Å². The number of hydrogen-bond acceptors (Lipinski definition) is 3. The highest BCUT2D eigenvalue weighted by Crippen LogP contribution is 2.26. The SMILES string of the molecule is Cc1nn(-c2ccccc2Cl)c(Cl)c1/C=N/NC(N)=O. The molecular weight excluding hydrogens is 301 g/mol. The maximum atomic E-state index is 10.6. The van der Waals surface area contributed by atoms with Crippen molar-refractivity contribution in [3.05, 3.63) is 45.7 Å². The molecule has 8 heteroatoms. The standard InChI is InChI=1S/C12H11Cl2N5O/c1-7-8(6-16-17-12(15)20)11(14)19(18-7)10-5-3-2-4-9(10)13/h2-6H,1H3,(H3,15,17,20)/b16-6+. The van der Waals surface area contributed by atoms with E-state index in [-0.39, 0.29) is 0 Å². The molecule has 0 unspecified atom stereocenters. The number of carbonyl (C=O) groups excluding carboxylic acids is 1. The van der Waals surface area contributed by atoms with Gasteiger partial charge in [0, 0.05) is 0 Å². The van der Waals surface area contributed by atoms with Crippen molar-refractivity contribution in [2.45, 2.75) is 6.92 Å². The highest BCUT2D eigenvalue weighted by molar-refractivity contribution is 6.34. The lowest BCUT2D eigenvalue weighted by molar-refractivity contribution is 0.249. The van der Waals surface area contributed by atoms with Gasteiger partial charge in [0.1, 0.15) is 5.15 Å². The second-order valence-electron chi connectivity index (χ2n) is 3.89. The lowest BCUT2D eigenvalue weighted by atomic mass is 10.3. The van der Waals surface area contributed by atoms with Crippen molar-refractivity contribution in [1.82, 2.24) is 15.2 Å². The number of primary amides is 1. The molecule has 0 aliphatic heterocycles. The molecule has 0 saturated heterocycles. The molecule has 104 valence electrons. The van der Waals surface area contributed by atoms with Crippen LogP contribution in [0.4, 0.5) is 4.79 Å². The number of aryl methyl sites for hydroxylation is 1. The summed E-state index contributed by atoms with van der Waals surface area (Å²) in [6.07, 6.45) is 1.38. The highest BCUT2D eigenvalue weighted by Gasteiger charge is 2.14. The first-order valence-electron chi connectivity index (χ1n) is 5.59. The minimum Gasteiger partial charge on any atom is -0.350 e. The number of benzene rings is 1. The molecule has 3 N–H and O–H groups in total. The van der Waals surface area contributed by atoms with Crippen molar-refractivity contribution in [3.63, 3.8) is 0 Å². The normalized spacial score (nSPS) is 10.9. The summed E-state index contributed by atoms with van der Waals surface area (Å²) in [6, 6.07) is 6.43. The van der Waals surface area contributed by atoms with Crippen molar-refractivity contribution >= 4 is 35.4 Å². The van der Waals surface area contributed by atoms with Gasteiger partial charge in [-0.25, -0.2) is 14.9 Å². The summed E-state index contributed by atoms with van der Waals surface area (Å²) in [5.41, 5.74) is 8.88. The number of rotatable bonds is 3. The summed E-state index contributed by atoms with van der Waals surface area (Å²) < 4.78 is 1.50. The third kappa shape index (κ3) is 2.92. The Balaban J connectivity index is 2.42. The van der Waals surface area contributed by atoms with Gasteiger partial charge in [-0.3, -0.25) is 0 Å². The highest BCUT2D eigenvalue weighted by atomic mass is 35.5. The van der Waals surface area contributed by atoms with Gasteiger partial charge < -0.3 is 5.73 Å². The summed E-state index contributed by atoms with van der Waals surface area (Å²) in [5, 5.41) is 8.84. The fourth-order valence-electron chi connectivity index (χ4n) is 1.60. The van der Waals surface area contributed by atoms with E-state index in [1.54, 1.807) is 19.1 Å². The zero-order chi connectivity index (χ0) is 14.7. The number of nitrogens with zero attached hydrogens (tertiary/aromatic N) is 3. The second-order valence-corrected chi connectivity index (χ2v) is 4.65. The van der Waals surface area contributed by atoms with Crippen LogP contribution in [0.15, 0.2) is 29.4 Å². The summed E-state index contributed by atoms with van der Waals surface area (Å²) in [5.74, 6) is 0. The van der Waals surface area contributed by atoms with Gasteiger partial charge in [0.15, 0.2) is 0 Å². The monoisotopic (exact) mass is 311 g/mol. The molecule has 0 aliphatic carbocycles. The summed E-state index contributed by atoms with van der Waals surface area (Å²) in [7, 11) is 0. The average molecular weight is 312 g/mol. The molecule has 0 atom stereocenters. The zero-order valence-corrected chi connectivity index (χ0v) is 12.0. The lowest BCUT2D eigenvalue weighted by Gasteiger charge is -2.04. The van der Waals surface area contributed by atoms with Crippen LogP contribution >= 0.6 is 23.2 Å². The molecule has 0 aliphatic rings. The molecule has 1 aromatic carbocycles. The Morgan fingerprint density at radius 1 is 1.45 bits per heavy atom. The largest absolute Gasteiger partial charge is 0.350 e. The molecule has 2 rings (SSSR count). The second kappa shape index (κ2) is 5.94. The summed E-state index contributed by atoms with van der Waals surface area (Å²) in [4.78, 5) is 10.6. The maximum Gasteiger partial charge on any atom is 0.332 e. The van der Waals surface area contributed by atoms with Crippen LogP contribution in [0.2, 0.25) is 10.2 Å². The van der Waals surface area contributed by atoms with Crippen LogP contribution in [0.3, 0.4) is 0 Å². The Bertz CT molecular complexity index is 680. The van der Waals surface area contributed by atoms with E-state index in [0.717, 1.165) is 0 Å². The van der Waals surface area contributed by atoms with E-state index < -0.39 is 6.03 Å². The molecule has 0 bridgehead atoms. The molecule has 6 nitrogen and oxygen atoms in total. The van der Waals surface area contributed by atoms with Gasteiger partial charge in [-0.1, -0.05) is 35.3 Å². The molecular formula is C12H11Cl2N5O. The Labute approximate surface area is 125 Å². The van der Waals surface area contributed by atoms with Gasteiger partial charge in [-0.2, -0.15) is 10.2 Å². The number of urea groups is 1. The number of hydrazone groups is 1. The van der Waals surface area contributed by atoms with Gasteiger partial charge in [0.2, 0.25) is 0 Å². The van der Waals surface area contributed by atoms with Crippen molar-refractivity contribution in [2.24, 2.45) is 10.8 Å². The van der Waals surface area contributed by atoms with Crippen molar-refractivity contribution in [2.75, 3.05) is 0 Å². The third-order valence-corrected chi connectivity index (χ3v) is 3.18. The van der Waals surface area contributed by atoms with Crippen LogP contribution in [-0.4, -0.2) is 22.0 Å². The number of para-hydroxylation sites is 1. The van der Waals surface area contributed by atoms with Gasteiger partial charge in [0.25, 0.3) is 0 Å². The zero-order valence-electron chi connectivity index (χ0n) is 10.5. The van der Waals surface area contributed by atoms with E-state index in [9.17, 15) is 4.79 Å². The first kappa shape index (κ1) is 14.4. The number of aromatic nitrogens is 2. The topological polar surface area (TPSA) is 85.3 Å². The van der Waals surface area contributed by atoms with E-state index in [2.05, 4.69) is 15.6 Å². The third-order valence-electron chi connectivity index (χ3n) is 2.50. The first-order chi connectivity index (χ1) is 9.50. The average Bonchev–Trinajstić information content (AvgIpc) is 2.67. The van der Waals surface area contributed by atoms with E-state index in [4.69, 9.17) is 28.9 Å². The van der Waals surface area contributed by atoms with Gasteiger partial charge in [0.05, 0.1) is 28.2 Å². The van der Waals surface area contributed by atoms with E-state index in [1.165, 1.54) is 10.9 Å². The van der Waals surface area contributed by atoms with Crippen molar-refractivity contribution < 1.29 is 4.79 Å². The van der Waals surface area contributed by atoms with Crippen molar-refractivity contribution in [1.29, 1.82) is 0 Å². The smallest absolute Gasteiger partial charge is 0.332 e. The van der Waals surface area contributed by atoms with Gasteiger partial charge >= 0.3 is 6.03 Å². The number of nitrogens with one attached hydrogen (secondary N) is 1. The molecule has 2 aromatic rings. The predicted octanol–water partition coefficient (Wildman–Crippen LogP) is 2.49.